The number of nitrogens with zero attached hydrogens (tertiary/aromatic N) is 1. The summed E-state index contributed by atoms with van der Waals surface area (Å²) in [7, 11) is -4.38. The zero-order valence-electron chi connectivity index (χ0n) is 9.57. The number of hydrogen-bond donors (Lipinski definition) is 1. The van der Waals surface area contributed by atoms with Gasteiger partial charge in [0.25, 0.3) is 10.0 Å². The molecule has 0 aliphatic heterocycles. The predicted octanol–water partition coefficient (Wildman–Crippen LogP) is 3.06. The fourth-order valence-electron chi connectivity index (χ4n) is 1.36. The van der Waals surface area contributed by atoms with Crippen LogP contribution >= 0.6 is 15.9 Å². The number of sulfonamides is 1. The first-order chi connectivity index (χ1) is 9.31. The second-order valence-electron chi connectivity index (χ2n) is 3.65. The Hall–Kier alpha value is -1.61. The molecule has 0 aliphatic carbocycles. The maximum atomic E-state index is 13.5. The van der Waals surface area contributed by atoms with Gasteiger partial charge in [-0.05, 0) is 40.2 Å². The summed E-state index contributed by atoms with van der Waals surface area (Å²) in [5.41, 5.74) is 0.0531. The van der Waals surface area contributed by atoms with Gasteiger partial charge in [0, 0.05) is 0 Å². The van der Waals surface area contributed by atoms with E-state index in [1.807, 2.05) is 4.72 Å². The van der Waals surface area contributed by atoms with Crippen molar-refractivity contribution in [3.05, 3.63) is 52.5 Å². The first kappa shape index (κ1) is 14.8. The fourth-order valence-corrected chi connectivity index (χ4v) is 2.71. The van der Waals surface area contributed by atoms with Crippen molar-refractivity contribution in [2.75, 3.05) is 4.72 Å². The zero-order valence-corrected chi connectivity index (χ0v) is 12.0. The molecular weight excluding hydrogens is 361 g/mol. The van der Waals surface area contributed by atoms with Crippen LogP contribution < -0.4 is 4.72 Å². The van der Waals surface area contributed by atoms with Gasteiger partial charge in [-0.15, -0.1) is 0 Å². The van der Waals surface area contributed by atoms with E-state index in [0.717, 1.165) is 0 Å². The highest BCUT2D eigenvalue weighted by Gasteiger charge is 2.24. The Morgan fingerprint density at radius 3 is 2.35 bits per heavy atom. The van der Waals surface area contributed by atoms with Crippen molar-refractivity contribution < 1.29 is 21.6 Å². The van der Waals surface area contributed by atoms with Gasteiger partial charge in [0.2, 0.25) is 0 Å². The number of aromatic nitrogens is 1. The second-order valence-corrected chi connectivity index (χ2v) is 6.11. The average Bonchev–Trinajstić information content (AvgIpc) is 2.38. The molecule has 0 amide bonds. The third-order valence-corrected chi connectivity index (χ3v) is 4.14. The highest BCUT2D eigenvalue weighted by atomic mass is 79.9. The van der Waals surface area contributed by atoms with Crippen molar-refractivity contribution in [2.24, 2.45) is 0 Å². The molecule has 0 aliphatic rings. The van der Waals surface area contributed by atoms with E-state index in [-0.39, 0.29) is 5.69 Å². The second kappa shape index (κ2) is 5.41. The molecule has 20 heavy (non-hydrogen) atoms. The van der Waals surface area contributed by atoms with Gasteiger partial charge >= 0.3 is 0 Å². The molecule has 0 spiro atoms. The van der Waals surface area contributed by atoms with Gasteiger partial charge in [0.05, 0.1) is 11.9 Å². The Kier molecular flexibility index (Phi) is 4.00. The molecule has 106 valence electrons. The lowest BCUT2D eigenvalue weighted by Gasteiger charge is -2.09. The van der Waals surface area contributed by atoms with Gasteiger partial charge in [-0.2, -0.15) is 0 Å². The molecule has 4 nitrogen and oxygen atoms in total. The molecular formula is C11H6BrF3N2O2S. The SMILES string of the molecule is O=S(=O)(Nc1ccc(Br)nc1)c1ccc(F)c(F)c1F. The number of anilines is 1. The summed E-state index contributed by atoms with van der Waals surface area (Å²) < 4.78 is 65.6. The van der Waals surface area contributed by atoms with Crippen molar-refractivity contribution in [3.63, 3.8) is 0 Å². The summed E-state index contributed by atoms with van der Waals surface area (Å²) in [6.45, 7) is 0. The fraction of sp³-hybridized carbons (Fsp3) is 0. The molecule has 0 saturated heterocycles. The van der Waals surface area contributed by atoms with Crippen molar-refractivity contribution in [1.29, 1.82) is 0 Å². The molecule has 2 rings (SSSR count). The van der Waals surface area contributed by atoms with Crippen LogP contribution in [-0.4, -0.2) is 13.4 Å². The zero-order chi connectivity index (χ0) is 14.9. The molecule has 0 bridgehead atoms. The molecule has 0 saturated carbocycles. The van der Waals surface area contributed by atoms with Gasteiger partial charge in [-0.3, -0.25) is 4.72 Å². The van der Waals surface area contributed by atoms with E-state index < -0.39 is 32.4 Å². The summed E-state index contributed by atoms with van der Waals surface area (Å²) in [5.74, 6) is -5.09. The molecule has 0 radical (unpaired) electrons. The molecule has 0 atom stereocenters. The van der Waals surface area contributed by atoms with Gasteiger partial charge in [-0.1, -0.05) is 0 Å². The Bertz CT molecular complexity index is 751. The average molecular weight is 367 g/mol. The van der Waals surface area contributed by atoms with E-state index in [1.54, 1.807) is 0 Å². The van der Waals surface area contributed by atoms with Gasteiger partial charge in [0.1, 0.15) is 9.50 Å². The lowest BCUT2D eigenvalue weighted by Crippen LogP contribution is -2.16. The standard InChI is InChI=1S/C11H6BrF3N2O2S/c12-9-4-1-6(5-16-9)17-20(18,19)8-3-2-7(13)10(14)11(8)15/h1-5,17H. The molecule has 0 fully saturated rings. The largest absolute Gasteiger partial charge is 0.278 e. The van der Waals surface area contributed by atoms with E-state index in [0.29, 0.717) is 16.7 Å². The first-order valence-electron chi connectivity index (χ1n) is 5.09. The minimum Gasteiger partial charge on any atom is -0.278 e. The summed E-state index contributed by atoms with van der Waals surface area (Å²) >= 11 is 3.06. The Morgan fingerprint density at radius 2 is 1.75 bits per heavy atom. The van der Waals surface area contributed by atoms with Crippen LogP contribution in [0.1, 0.15) is 0 Å². The highest BCUT2D eigenvalue weighted by Crippen LogP contribution is 2.22. The van der Waals surface area contributed by atoms with Crippen LogP contribution in [0.2, 0.25) is 0 Å². The maximum absolute atomic E-state index is 13.5. The predicted molar refractivity (Wildman–Crippen MR) is 69.1 cm³/mol. The molecule has 9 heteroatoms. The Balaban J connectivity index is 2.41. The number of pyridine rings is 1. The molecule has 1 heterocycles. The van der Waals surface area contributed by atoms with Crippen molar-refractivity contribution in [3.8, 4) is 0 Å². The minimum atomic E-state index is -4.38. The Morgan fingerprint density at radius 1 is 1.05 bits per heavy atom. The normalized spacial score (nSPS) is 11.4. The number of rotatable bonds is 3. The van der Waals surface area contributed by atoms with Crippen LogP contribution in [0.5, 0.6) is 0 Å². The van der Waals surface area contributed by atoms with Crippen LogP contribution in [0.25, 0.3) is 0 Å². The lowest BCUT2D eigenvalue weighted by atomic mass is 10.3. The molecule has 1 aromatic heterocycles. The minimum absolute atomic E-state index is 0.0531. The summed E-state index contributed by atoms with van der Waals surface area (Å²) in [5, 5.41) is 0. The summed E-state index contributed by atoms with van der Waals surface area (Å²) in [4.78, 5) is 2.79. The van der Waals surface area contributed by atoms with Crippen LogP contribution in [-0.2, 0) is 10.0 Å². The first-order valence-corrected chi connectivity index (χ1v) is 7.37. The van der Waals surface area contributed by atoms with E-state index >= 15 is 0 Å². The smallest absolute Gasteiger partial charge is 0.264 e. The van der Waals surface area contributed by atoms with Crippen molar-refractivity contribution in [2.45, 2.75) is 4.90 Å². The number of hydrogen-bond acceptors (Lipinski definition) is 3. The summed E-state index contributed by atoms with van der Waals surface area (Å²) in [6.07, 6.45) is 1.18. The van der Waals surface area contributed by atoms with E-state index in [1.165, 1.54) is 18.3 Å². The van der Waals surface area contributed by atoms with Crippen LogP contribution in [0, 0.1) is 17.5 Å². The van der Waals surface area contributed by atoms with Gasteiger partial charge in [0.15, 0.2) is 17.5 Å². The monoisotopic (exact) mass is 366 g/mol. The van der Waals surface area contributed by atoms with E-state index in [2.05, 4.69) is 20.9 Å². The third kappa shape index (κ3) is 2.93. The molecule has 2 aromatic rings. The van der Waals surface area contributed by atoms with E-state index in [4.69, 9.17) is 0 Å². The van der Waals surface area contributed by atoms with Gasteiger partial charge in [-0.25, -0.2) is 26.6 Å². The van der Waals surface area contributed by atoms with Gasteiger partial charge < -0.3 is 0 Å². The van der Waals surface area contributed by atoms with Crippen LogP contribution in [0.3, 0.4) is 0 Å². The quantitative estimate of drug-likeness (QED) is 0.670. The molecule has 1 aromatic carbocycles. The number of benzene rings is 1. The van der Waals surface area contributed by atoms with Crippen molar-refractivity contribution in [1.82, 2.24) is 4.98 Å². The lowest BCUT2D eigenvalue weighted by molar-refractivity contribution is 0.432. The Labute approximate surface area is 120 Å². The van der Waals surface area contributed by atoms with Crippen molar-refractivity contribution >= 4 is 31.6 Å². The molecule has 0 unspecified atom stereocenters. The third-order valence-electron chi connectivity index (χ3n) is 2.27. The van der Waals surface area contributed by atoms with Crippen LogP contribution in [0.15, 0.2) is 40.0 Å². The summed E-state index contributed by atoms with van der Waals surface area (Å²) in [6, 6.07) is 4.00. The number of halogens is 4. The topological polar surface area (TPSA) is 59.1 Å². The van der Waals surface area contributed by atoms with E-state index in [9.17, 15) is 21.6 Å². The van der Waals surface area contributed by atoms with Crippen LogP contribution in [0.4, 0.5) is 18.9 Å². The number of nitrogens with one attached hydrogen (secondary N) is 1. The molecule has 1 N–H and O–H groups in total. The highest BCUT2D eigenvalue weighted by molar-refractivity contribution is 9.10. The maximum Gasteiger partial charge on any atom is 0.264 e.